The Labute approximate surface area is 227 Å². The molecule has 0 saturated carbocycles. The third-order valence-corrected chi connectivity index (χ3v) is 9.67. The minimum absolute atomic E-state index is 0.0605. The molecule has 1 aromatic heterocycles. The first-order chi connectivity index (χ1) is 18.3. The fourth-order valence-electron chi connectivity index (χ4n) is 4.64. The van der Waals surface area contributed by atoms with E-state index in [0.717, 1.165) is 28.6 Å². The number of aromatic nitrogens is 1. The number of hydrogen-bond donors (Lipinski definition) is 0. The predicted octanol–water partition coefficient (Wildman–Crippen LogP) is 6.07. The van der Waals surface area contributed by atoms with E-state index < -0.39 is 10.0 Å². The molecule has 1 fully saturated rings. The molecule has 38 heavy (non-hydrogen) atoms. The number of ether oxygens (including phenoxy) is 1. The molecule has 7 nitrogen and oxygen atoms in total. The number of carbonyl (C=O) groups is 1. The summed E-state index contributed by atoms with van der Waals surface area (Å²) in [6.07, 6.45) is 1.79. The van der Waals surface area contributed by atoms with E-state index in [1.807, 2.05) is 18.2 Å². The van der Waals surface area contributed by atoms with E-state index in [-0.39, 0.29) is 16.9 Å². The van der Waals surface area contributed by atoms with Crippen LogP contribution in [0.1, 0.15) is 48.5 Å². The number of amides is 1. The summed E-state index contributed by atoms with van der Waals surface area (Å²) in [5.74, 6) is 0.0745. The Morgan fingerprint density at radius 2 is 1.79 bits per heavy atom. The lowest BCUT2D eigenvalue weighted by Gasteiger charge is -2.23. The minimum atomic E-state index is -3.78. The van der Waals surface area contributed by atoms with Crippen LogP contribution >= 0.6 is 11.3 Å². The maximum absolute atomic E-state index is 13.8. The number of benzene rings is 3. The first-order valence-corrected chi connectivity index (χ1v) is 15.0. The zero-order valence-electron chi connectivity index (χ0n) is 21.7. The smallest absolute Gasteiger partial charge is 0.264 e. The van der Waals surface area contributed by atoms with Crippen molar-refractivity contribution in [3.8, 4) is 0 Å². The van der Waals surface area contributed by atoms with E-state index in [0.29, 0.717) is 35.5 Å². The molecular formula is C29H31N3O4S2. The van der Waals surface area contributed by atoms with Crippen molar-refractivity contribution < 1.29 is 17.9 Å². The minimum Gasteiger partial charge on any atom is -0.376 e. The van der Waals surface area contributed by atoms with Crippen molar-refractivity contribution in [2.75, 3.05) is 29.4 Å². The predicted molar refractivity (Wildman–Crippen MR) is 153 cm³/mol. The van der Waals surface area contributed by atoms with Crippen LogP contribution in [0.2, 0.25) is 0 Å². The number of anilines is 2. The van der Waals surface area contributed by atoms with Crippen LogP contribution in [0, 0.1) is 0 Å². The molecule has 1 aliphatic heterocycles. The van der Waals surface area contributed by atoms with Crippen molar-refractivity contribution in [2.45, 2.75) is 43.6 Å². The summed E-state index contributed by atoms with van der Waals surface area (Å²) in [6.45, 7) is 5.35. The highest BCUT2D eigenvalue weighted by Gasteiger charge is 2.28. The molecule has 0 bridgehead atoms. The number of nitrogens with zero attached hydrogens (tertiary/aromatic N) is 3. The lowest BCUT2D eigenvalue weighted by Crippen LogP contribution is -2.37. The third-order valence-electron chi connectivity index (χ3n) is 6.83. The summed E-state index contributed by atoms with van der Waals surface area (Å²) in [7, 11) is -2.26. The Balaban J connectivity index is 1.46. The number of carbonyl (C=O) groups excluding carboxylic acids is 1. The van der Waals surface area contributed by atoms with E-state index >= 15 is 0 Å². The highest BCUT2D eigenvalue weighted by molar-refractivity contribution is 7.92. The van der Waals surface area contributed by atoms with Gasteiger partial charge in [-0.3, -0.25) is 14.0 Å². The summed E-state index contributed by atoms with van der Waals surface area (Å²) in [4.78, 5) is 20.5. The summed E-state index contributed by atoms with van der Waals surface area (Å²) >= 11 is 1.49. The van der Waals surface area contributed by atoms with Gasteiger partial charge in [0, 0.05) is 19.2 Å². The average molecular weight is 550 g/mol. The summed E-state index contributed by atoms with van der Waals surface area (Å²) in [5, 5.41) is 0.620. The Kier molecular flexibility index (Phi) is 7.52. The van der Waals surface area contributed by atoms with Gasteiger partial charge in [-0.05, 0) is 66.8 Å². The number of hydrogen-bond acceptors (Lipinski definition) is 6. The van der Waals surface area contributed by atoms with Crippen LogP contribution in [0.25, 0.3) is 10.2 Å². The molecule has 9 heteroatoms. The molecule has 0 N–H and O–H groups in total. The van der Waals surface area contributed by atoms with Crippen molar-refractivity contribution in [3.63, 3.8) is 0 Å². The number of para-hydroxylation sites is 2. The van der Waals surface area contributed by atoms with Crippen LogP contribution in [-0.4, -0.2) is 45.6 Å². The molecule has 4 aromatic rings. The first-order valence-electron chi connectivity index (χ1n) is 12.7. The topological polar surface area (TPSA) is 79.8 Å². The Morgan fingerprint density at radius 1 is 1.05 bits per heavy atom. The van der Waals surface area contributed by atoms with Gasteiger partial charge < -0.3 is 4.74 Å². The van der Waals surface area contributed by atoms with E-state index in [9.17, 15) is 13.2 Å². The lowest BCUT2D eigenvalue weighted by atomic mass is 10.0. The fraction of sp³-hybridized carbons (Fsp3) is 0.310. The molecule has 1 saturated heterocycles. The summed E-state index contributed by atoms with van der Waals surface area (Å²) in [5.41, 5.74) is 3.02. The van der Waals surface area contributed by atoms with E-state index in [1.54, 1.807) is 41.3 Å². The quantitative estimate of drug-likeness (QED) is 0.267. The molecule has 1 atom stereocenters. The maximum Gasteiger partial charge on any atom is 0.264 e. The van der Waals surface area contributed by atoms with Crippen LogP contribution in [0.3, 0.4) is 0 Å². The molecular weight excluding hydrogens is 518 g/mol. The molecule has 2 heterocycles. The molecule has 5 rings (SSSR count). The Morgan fingerprint density at radius 3 is 2.45 bits per heavy atom. The summed E-state index contributed by atoms with van der Waals surface area (Å²) < 4.78 is 34.5. The molecule has 1 aliphatic rings. The van der Waals surface area contributed by atoms with Crippen molar-refractivity contribution in [2.24, 2.45) is 0 Å². The van der Waals surface area contributed by atoms with Crippen LogP contribution < -0.4 is 9.21 Å². The second-order valence-corrected chi connectivity index (χ2v) is 12.7. The van der Waals surface area contributed by atoms with Crippen LogP contribution in [-0.2, 0) is 14.8 Å². The van der Waals surface area contributed by atoms with Crippen molar-refractivity contribution >= 4 is 48.3 Å². The van der Waals surface area contributed by atoms with E-state index in [2.05, 4.69) is 19.9 Å². The van der Waals surface area contributed by atoms with Gasteiger partial charge in [-0.2, -0.15) is 0 Å². The Hall–Kier alpha value is -3.27. The molecule has 3 aromatic carbocycles. The number of thiazole rings is 1. The van der Waals surface area contributed by atoms with Gasteiger partial charge in [0.1, 0.15) is 0 Å². The second-order valence-electron chi connectivity index (χ2n) is 9.73. The molecule has 0 spiro atoms. The zero-order valence-corrected chi connectivity index (χ0v) is 23.3. The van der Waals surface area contributed by atoms with Gasteiger partial charge >= 0.3 is 0 Å². The van der Waals surface area contributed by atoms with Gasteiger partial charge in [0.05, 0.1) is 33.4 Å². The Bertz CT molecular complexity index is 1530. The SMILES string of the molecule is CC(C)c1cccc2sc(N(CC3CCCO3)C(=O)c3ccc(S(=O)(=O)N(C)c4ccccc4)cc3)nc12. The van der Waals surface area contributed by atoms with Gasteiger partial charge in [0.25, 0.3) is 15.9 Å². The van der Waals surface area contributed by atoms with Gasteiger partial charge in [0.2, 0.25) is 0 Å². The molecule has 1 unspecified atom stereocenters. The summed E-state index contributed by atoms with van der Waals surface area (Å²) in [6, 6.07) is 21.1. The van der Waals surface area contributed by atoms with E-state index in [1.165, 1.54) is 34.8 Å². The second kappa shape index (κ2) is 10.8. The molecule has 198 valence electrons. The zero-order chi connectivity index (χ0) is 26.9. The molecule has 0 aliphatic carbocycles. The van der Waals surface area contributed by atoms with Crippen LogP contribution in [0.4, 0.5) is 10.8 Å². The third kappa shape index (κ3) is 5.18. The highest BCUT2D eigenvalue weighted by atomic mass is 32.2. The van der Waals surface area contributed by atoms with Gasteiger partial charge in [-0.1, -0.05) is 55.5 Å². The number of fused-ring (bicyclic) bond motifs is 1. The monoisotopic (exact) mass is 549 g/mol. The number of rotatable bonds is 8. The van der Waals surface area contributed by atoms with Gasteiger partial charge in [-0.15, -0.1) is 0 Å². The van der Waals surface area contributed by atoms with Crippen molar-refractivity contribution in [3.05, 3.63) is 83.9 Å². The van der Waals surface area contributed by atoms with Crippen LogP contribution in [0.5, 0.6) is 0 Å². The average Bonchev–Trinajstić information content (AvgIpc) is 3.61. The molecule has 0 radical (unpaired) electrons. The van der Waals surface area contributed by atoms with Gasteiger partial charge in [0.15, 0.2) is 5.13 Å². The maximum atomic E-state index is 13.8. The molecule has 1 amide bonds. The van der Waals surface area contributed by atoms with Crippen LogP contribution in [0.15, 0.2) is 77.7 Å². The lowest BCUT2D eigenvalue weighted by molar-refractivity contribution is 0.0917. The van der Waals surface area contributed by atoms with Gasteiger partial charge in [-0.25, -0.2) is 13.4 Å². The van der Waals surface area contributed by atoms with E-state index in [4.69, 9.17) is 9.72 Å². The standard InChI is InChI=1S/C29H31N3O4S2/c1-20(2)25-12-7-13-26-27(25)30-29(37-26)32(19-23-11-8-18-36-23)28(33)21-14-16-24(17-15-21)38(34,35)31(3)22-9-5-4-6-10-22/h4-7,9-10,12-17,20,23H,8,11,18-19H2,1-3H3. The number of sulfonamides is 1. The van der Waals surface area contributed by atoms with Crippen molar-refractivity contribution in [1.29, 1.82) is 0 Å². The highest BCUT2D eigenvalue weighted by Crippen LogP contribution is 2.35. The van der Waals surface area contributed by atoms with Crippen molar-refractivity contribution in [1.82, 2.24) is 4.98 Å². The normalized spacial score (nSPS) is 15.7. The fourth-order valence-corrected chi connectivity index (χ4v) is 6.84. The first kappa shape index (κ1) is 26.3. The largest absolute Gasteiger partial charge is 0.376 e.